The summed E-state index contributed by atoms with van der Waals surface area (Å²) in [5, 5.41) is 11.3. The van der Waals surface area contributed by atoms with Gasteiger partial charge in [-0.2, -0.15) is 5.26 Å². The SMILES string of the molecule is CC1(C)NC(=O)N(Cc2ccc(C#N)cc2)C1=O. The first-order chi connectivity index (χ1) is 8.44. The van der Waals surface area contributed by atoms with Crippen molar-refractivity contribution in [1.82, 2.24) is 10.2 Å². The second-order valence-corrected chi connectivity index (χ2v) is 4.76. The molecule has 18 heavy (non-hydrogen) atoms. The third kappa shape index (κ3) is 2.05. The highest BCUT2D eigenvalue weighted by Crippen LogP contribution is 2.19. The minimum Gasteiger partial charge on any atom is -0.324 e. The first-order valence-corrected chi connectivity index (χ1v) is 5.57. The van der Waals surface area contributed by atoms with Gasteiger partial charge >= 0.3 is 6.03 Å². The lowest BCUT2D eigenvalue weighted by Crippen LogP contribution is -2.40. The molecule has 0 spiro atoms. The minimum absolute atomic E-state index is 0.222. The third-order valence-corrected chi connectivity index (χ3v) is 2.87. The lowest BCUT2D eigenvalue weighted by atomic mass is 10.1. The smallest absolute Gasteiger partial charge is 0.324 e. The van der Waals surface area contributed by atoms with Crippen LogP contribution in [0.15, 0.2) is 24.3 Å². The summed E-state index contributed by atoms with van der Waals surface area (Å²) in [7, 11) is 0. The van der Waals surface area contributed by atoms with Crippen LogP contribution in [-0.2, 0) is 11.3 Å². The van der Waals surface area contributed by atoms with Gasteiger partial charge in [0.15, 0.2) is 0 Å². The van der Waals surface area contributed by atoms with Crippen molar-refractivity contribution in [2.45, 2.75) is 25.9 Å². The molecule has 0 aliphatic carbocycles. The summed E-state index contributed by atoms with van der Waals surface area (Å²) in [6.07, 6.45) is 0. The maximum atomic E-state index is 12.0. The van der Waals surface area contributed by atoms with E-state index in [4.69, 9.17) is 5.26 Å². The molecule has 0 atom stereocenters. The summed E-state index contributed by atoms with van der Waals surface area (Å²) in [4.78, 5) is 24.8. The Kier molecular flexibility index (Phi) is 2.79. The van der Waals surface area contributed by atoms with Gasteiger partial charge in [-0.15, -0.1) is 0 Å². The first-order valence-electron chi connectivity index (χ1n) is 5.57. The highest BCUT2D eigenvalue weighted by atomic mass is 16.2. The van der Waals surface area contributed by atoms with Crippen molar-refractivity contribution in [3.05, 3.63) is 35.4 Å². The average Bonchev–Trinajstić information content (AvgIpc) is 2.52. The Hall–Kier alpha value is -2.35. The molecule has 3 amide bonds. The number of rotatable bonds is 2. The first kappa shape index (κ1) is 12.1. The van der Waals surface area contributed by atoms with E-state index in [1.54, 1.807) is 38.1 Å². The number of imide groups is 1. The van der Waals surface area contributed by atoms with Crippen LogP contribution < -0.4 is 5.32 Å². The number of nitrogens with zero attached hydrogens (tertiary/aromatic N) is 2. The Morgan fingerprint density at radius 3 is 2.33 bits per heavy atom. The molecule has 5 nitrogen and oxygen atoms in total. The van der Waals surface area contributed by atoms with Crippen molar-refractivity contribution >= 4 is 11.9 Å². The van der Waals surface area contributed by atoms with Gasteiger partial charge < -0.3 is 5.32 Å². The van der Waals surface area contributed by atoms with Crippen LogP contribution in [0.2, 0.25) is 0 Å². The predicted octanol–water partition coefficient (Wildman–Crippen LogP) is 1.39. The molecule has 1 aliphatic rings. The Balaban J connectivity index is 2.17. The van der Waals surface area contributed by atoms with Crippen LogP contribution in [0.1, 0.15) is 25.0 Å². The zero-order valence-electron chi connectivity index (χ0n) is 10.2. The van der Waals surface area contributed by atoms with Gasteiger partial charge in [0, 0.05) is 0 Å². The number of hydrogen-bond donors (Lipinski definition) is 1. The van der Waals surface area contributed by atoms with E-state index in [1.165, 1.54) is 4.90 Å². The lowest BCUT2D eigenvalue weighted by Gasteiger charge is -2.15. The summed E-state index contributed by atoms with van der Waals surface area (Å²) < 4.78 is 0. The molecular formula is C13H13N3O2. The largest absolute Gasteiger partial charge is 0.325 e. The quantitative estimate of drug-likeness (QED) is 0.798. The van der Waals surface area contributed by atoms with E-state index < -0.39 is 5.54 Å². The van der Waals surface area contributed by atoms with E-state index in [0.29, 0.717) is 5.56 Å². The predicted molar refractivity (Wildman–Crippen MR) is 64.3 cm³/mol. The number of hydrogen-bond acceptors (Lipinski definition) is 3. The molecule has 1 aromatic rings. The van der Waals surface area contributed by atoms with Gasteiger partial charge in [-0.1, -0.05) is 12.1 Å². The Labute approximate surface area is 105 Å². The maximum Gasteiger partial charge on any atom is 0.325 e. The number of nitrogens with one attached hydrogen (secondary N) is 1. The maximum absolute atomic E-state index is 12.0. The summed E-state index contributed by atoms with van der Waals surface area (Å²) in [5.74, 6) is -0.239. The number of carbonyl (C=O) groups excluding carboxylic acids is 2. The van der Waals surface area contributed by atoms with E-state index in [-0.39, 0.29) is 18.5 Å². The minimum atomic E-state index is -0.844. The molecule has 1 aliphatic heterocycles. The fourth-order valence-electron chi connectivity index (χ4n) is 1.83. The molecule has 1 N–H and O–H groups in total. The van der Waals surface area contributed by atoms with E-state index >= 15 is 0 Å². The van der Waals surface area contributed by atoms with Crippen molar-refractivity contribution in [2.24, 2.45) is 0 Å². The van der Waals surface area contributed by atoms with Crippen LogP contribution in [0.25, 0.3) is 0 Å². The van der Waals surface area contributed by atoms with E-state index in [9.17, 15) is 9.59 Å². The fourth-order valence-corrected chi connectivity index (χ4v) is 1.83. The van der Waals surface area contributed by atoms with Crippen molar-refractivity contribution < 1.29 is 9.59 Å². The van der Waals surface area contributed by atoms with Crippen LogP contribution in [0.4, 0.5) is 4.79 Å². The monoisotopic (exact) mass is 243 g/mol. The number of urea groups is 1. The van der Waals surface area contributed by atoms with Gasteiger partial charge in [0.25, 0.3) is 5.91 Å². The highest BCUT2D eigenvalue weighted by molar-refractivity contribution is 6.06. The molecule has 1 aromatic carbocycles. The molecular weight excluding hydrogens is 230 g/mol. The molecule has 1 fully saturated rings. The highest BCUT2D eigenvalue weighted by Gasteiger charge is 2.43. The van der Waals surface area contributed by atoms with Crippen LogP contribution in [0.3, 0.4) is 0 Å². The normalized spacial score (nSPS) is 17.5. The third-order valence-electron chi connectivity index (χ3n) is 2.87. The van der Waals surface area contributed by atoms with E-state index in [2.05, 4.69) is 5.32 Å². The molecule has 5 heteroatoms. The van der Waals surface area contributed by atoms with Crippen LogP contribution in [-0.4, -0.2) is 22.4 Å². The Morgan fingerprint density at radius 1 is 1.28 bits per heavy atom. The summed E-state index contributed by atoms with van der Waals surface area (Å²) in [5.41, 5.74) is 0.524. The molecule has 2 rings (SSSR count). The van der Waals surface area contributed by atoms with E-state index in [1.807, 2.05) is 6.07 Å². The fraction of sp³-hybridized carbons (Fsp3) is 0.308. The molecule has 0 aromatic heterocycles. The zero-order chi connectivity index (χ0) is 13.3. The van der Waals surface area contributed by atoms with Crippen LogP contribution in [0, 0.1) is 11.3 Å². The van der Waals surface area contributed by atoms with Gasteiger partial charge in [-0.3, -0.25) is 9.69 Å². The van der Waals surface area contributed by atoms with Crippen molar-refractivity contribution in [3.8, 4) is 6.07 Å². The number of carbonyl (C=O) groups is 2. The second kappa shape index (κ2) is 4.15. The van der Waals surface area contributed by atoms with Crippen molar-refractivity contribution in [1.29, 1.82) is 5.26 Å². The Bertz CT molecular complexity index is 540. The van der Waals surface area contributed by atoms with Gasteiger partial charge in [0.1, 0.15) is 5.54 Å². The topological polar surface area (TPSA) is 73.2 Å². The molecule has 0 unspecified atom stereocenters. The Morgan fingerprint density at radius 2 is 1.89 bits per heavy atom. The van der Waals surface area contributed by atoms with Crippen LogP contribution in [0.5, 0.6) is 0 Å². The summed E-state index contributed by atoms with van der Waals surface area (Å²) >= 11 is 0. The number of benzene rings is 1. The van der Waals surface area contributed by atoms with E-state index in [0.717, 1.165) is 5.56 Å². The lowest BCUT2D eigenvalue weighted by molar-refractivity contribution is -0.130. The molecule has 0 radical (unpaired) electrons. The van der Waals surface area contributed by atoms with Crippen molar-refractivity contribution in [3.63, 3.8) is 0 Å². The molecule has 1 saturated heterocycles. The number of nitriles is 1. The van der Waals surface area contributed by atoms with Crippen LogP contribution >= 0.6 is 0 Å². The van der Waals surface area contributed by atoms with Gasteiger partial charge in [0.2, 0.25) is 0 Å². The van der Waals surface area contributed by atoms with Gasteiger partial charge in [-0.05, 0) is 31.5 Å². The second-order valence-electron chi connectivity index (χ2n) is 4.76. The molecule has 0 saturated carbocycles. The molecule has 92 valence electrons. The average molecular weight is 243 g/mol. The standard InChI is InChI=1S/C13H13N3O2/c1-13(2)11(17)16(12(18)15-13)8-10-5-3-9(7-14)4-6-10/h3-6H,8H2,1-2H3,(H,15,18). The summed E-state index contributed by atoms with van der Waals surface area (Å²) in [6, 6.07) is 8.45. The zero-order valence-corrected chi connectivity index (χ0v) is 10.2. The molecule has 0 bridgehead atoms. The van der Waals surface area contributed by atoms with Gasteiger partial charge in [0.05, 0.1) is 18.2 Å². The number of amides is 3. The van der Waals surface area contributed by atoms with Crippen molar-refractivity contribution in [2.75, 3.05) is 0 Å². The molecule has 1 heterocycles. The van der Waals surface area contributed by atoms with Gasteiger partial charge in [-0.25, -0.2) is 4.79 Å². The summed E-state index contributed by atoms with van der Waals surface area (Å²) in [6.45, 7) is 3.57.